The van der Waals surface area contributed by atoms with Crippen LogP contribution < -0.4 is 14.2 Å². The predicted molar refractivity (Wildman–Crippen MR) is 99.2 cm³/mol. The lowest BCUT2D eigenvalue weighted by Gasteiger charge is -2.12. The smallest absolute Gasteiger partial charge is 0.206 e. The molecular weight excluding hydrogens is 364 g/mol. The molecule has 0 heterocycles. The number of ether oxygens (including phenoxy) is 3. The molecule has 3 aromatic carbocycles. The Morgan fingerprint density at radius 3 is 2.18 bits per heavy atom. The zero-order valence-corrected chi connectivity index (χ0v) is 15.1. The molecule has 0 atom stereocenters. The zero-order chi connectivity index (χ0) is 19.9. The molecule has 0 unspecified atom stereocenters. The fraction of sp³-hybridized carbons (Fsp3) is 0.136. The SMILES string of the molecule is COc1ccc(COc2cccc(OCc3ccc(C#N)cc3F)c2F)cc1. The van der Waals surface area contributed by atoms with E-state index in [0.717, 1.165) is 17.4 Å². The minimum absolute atomic E-state index is 0.0358. The van der Waals surface area contributed by atoms with Crippen LogP contribution in [0.3, 0.4) is 0 Å². The Labute approximate surface area is 161 Å². The van der Waals surface area contributed by atoms with E-state index in [0.29, 0.717) is 0 Å². The number of hydrogen-bond acceptors (Lipinski definition) is 4. The number of nitrogens with zero attached hydrogens (tertiary/aromatic N) is 1. The monoisotopic (exact) mass is 381 g/mol. The van der Waals surface area contributed by atoms with E-state index in [1.165, 1.54) is 24.3 Å². The third kappa shape index (κ3) is 4.57. The molecule has 0 saturated carbocycles. The highest BCUT2D eigenvalue weighted by Gasteiger charge is 2.12. The van der Waals surface area contributed by atoms with Crippen molar-refractivity contribution in [2.45, 2.75) is 13.2 Å². The molecule has 0 spiro atoms. The van der Waals surface area contributed by atoms with Crippen molar-refractivity contribution in [3.05, 3.63) is 89.0 Å². The number of methoxy groups -OCH3 is 1. The molecule has 0 aliphatic rings. The predicted octanol–water partition coefficient (Wildman–Crippen LogP) is 5.00. The summed E-state index contributed by atoms with van der Waals surface area (Å²) >= 11 is 0. The van der Waals surface area contributed by atoms with E-state index < -0.39 is 11.6 Å². The largest absolute Gasteiger partial charge is 0.497 e. The molecular formula is C22H17F2NO3. The Balaban J connectivity index is 1.66. The van der Waals surface area contributed by atoms with Gasteiger partial charge in [-0.2, -0.15) is 9.65 Å². The topological polar surface area (TPSA) is 51.5 Å². The van der Waals surface area contributed by atoms with E-state index in [2.05, 4.69) is 0 Å². The van der Waals surface area contributed by atoms with Gasteiger partial charge in [0.2, 0.25) is 5.82 Å². The molecule has 0 N–H and O–H groups in total. The Morgan fingerprint density at radius 2 is 1.57 bits per heavy atom. The molecule has 28 heavy (non-hydrogen) atoms. The van der Waals surface area contributed by atoms with Crippen LogP contribution >= 0.6 is 0 Å². The van der Waals surface area contributed by atoms with E-state index in [1.54, 1.807) is 25.3 Å². The molecule has 0 bridgehead atoms. The van der Waals surface area contributed by atoms with Gasteiger partial charge in [-0.25, -0.2) is 4.39 Å². The minimum atomic E-state index is -0.662. The molecule has 0 aliphatic carbocycles. The molecule has 0 amide bonds. The second kappa shape index (κ2) is 8.87. The van der Waals surface area contributed by atoms with Crippen LogP contribution in [-0.4, -0.2) is 7.11 Å². The number of nitriles is 1. The van der Waals surface area contributed by atoms with E-state index in [9.17, 15) is 8.78 Å². The summed E-state index contributed by atoms with van der Waals surface area (Å²) in [5, 5.41) is 8.77. The maximum absolute atomic E-state index is 14.6. The van der Waals surface area contributed by atoms with Gasteiger partial charge in [-0.05, 0) is 42.0 Å². The van der Waals surface area contributed by atoms with Crippen LogP contribution in [-0.2, 0) is 13.2 Å². The van der Waals surface area contributed by atoms with Crippen molar-refractivity contribution < 1.29 is 23.0 Å². The maximum atomic E-state index is 14.6. The number of halogens is 2. The Morgan fingerprint density at radius 1 is 0.893 bits per heavy atom. The average molecular weight is 381 g/mol. The molecule has 0 fully saturated rings. The lowest BCUT2D eigenvalue weighted by molar-refractivity contribution is 0.260. The Kier molecular flexibility index (Phi) is 6.07. The Hall–Kier alpha value is -3.59. The molecule has 3 rings (SSSR count). The van der Waals surface area contributed by atoms with Crippen LogP contribution in [0.2, 0.25) is 0 Å². The zero-order valence-electron chi connectivity index (χ0n) is 15.1. The molecule has 0 radical (unpaired) electrons. The van der Waals surface area contributed by atoms with Gasteiger partial charge >= 0.3 is 0 Å². The lowest BCUT2D eigenvalue weighted by atomic mass is 10.1. The molecule has 142 valence electrons. The van der Waals surface area contributed by atoms with E-state index in [-0.39, 0.29) is 35.8 Å². The van der Waals surface area contributed by atoms with Crippen molar-refractivity contribution in [1.82, 2.24) is 0 Å². The fourth-order valence-electron chi connectivity index (χ4n) is 2.49. The highest BCUT2D eigenvalue weighted by molar-refractivity contribution is 5.37. The first-order valence-electron chi connectivity index (χ1n) is 8.46. The standard InChI is InChI=1S/C22H17F2NO3/c1-26-18-9-6-15(7-10-18)13-27-20-3-2-4-21(22(20)24)28-14-17-8-5-16(12-25)11-19(17)23/h2-11H,13-14H2,1H3. The summed E-state index contributed by atoms with van der Waals surface area (Å²) in [4.78, 5) is 0. The summed E-state index contributed by atoms with van der Waals surface area (Å²) in [6, 6.07) is 17.7. The highest BCUT2D eigenvalue weighted by Crippen LogP contribution is 2.28. The molecule has 4 nitrogen and oxygen atoms in total. The first-order chi connectivity index (χ1) is 13.6. The van der Waals surface area contributed by atoms with Gasteiger partial charge in [0.25, 0.3) is 0 Å². The maximum Gasteiger partial charge on any atom is 0.206 e. The van der Waals surface area contributed by atoms with Crippen LogP contribution in [0, 0.1) is 23.0 Å². The first kappa shape index (κ1) is 19.2. The van der Waals surface area contributed by atoms with Crippen LogP contribution in [0.5, 0.6) is 17.2 Å². The van der Waals surface area contributed by atoms with Crippen LogP contribution in [0.25, 0.3) is 0 Å². The Bertz CT molecular complexity index is 998. The van der Waals surface area contributed by atoms with Crippen molar-refractivity contribution in [3.8, 4) is 23.3 Å². The molecule has 3 aromatic rings. The van der Waals surface area contributed by atoms with Gasteiger partial charge in [-0.15, -0.1) is 0 Å². The van der Waals surface area contributed by atoms with Crippen molar-refractivity contribution in [1.29, 1.82) is 5.26 Å². The van der Waals surface area contributed by atoms with Gasteiger partial charge in [-0.1, -0.05) is 24.3 Å². The summed E-state index contributed by atoms with van der Waals surface area (Å²) in [6.45, 7) is 0.00497. The summed E-state index contributed by atoms with van der Waals surface area (Å²) in [7, 11) is 1.58. The lowest BCUT2D eigenvalue weighted by Crippen LogP contribution is -2.02. The van der Waals surface area contributed by atoms with Crippen molar-refractivity contribution >= 4 is 0 Å². The average Bonchev–Trinajstić information content (AvgIpc) is 2.73. The van der Waals surface area contributed by atoms with E-state index in [1.807, 2.05) is 18.2 Å². The van der Waals surface area contributed by atoms with Crippen molar-refractivity contribution in [2.75, 3.05) is 7.11 Å². The molecule has 0 aliphatic heterocycles. The van der Waals surface area contributed by atoms with Crippen LogP contribution in [0.1, 0.15) is 16.7 Å². The van der Waals surface area contributed by atoms with Gasteiger partial charge in [0, 0.05) is 5.56 Å². The highest BCUT2D eigenvalue weighted by atomic mass is 19.1. The summed E-state index contributed by atoms with van der Waals surface area (Å²) in [6.07, 6.45) is 0. The summed E-state index contributed by atoms with van der Waals surface area (Å²) < 4.78 is 44.6. The van der Waals surface area contributed by atoms with Gasteiger partial charge in [-0.3, -0.25) is 0 Å². The van der Waals surface area contributed by atoms with Gasteiger partial charge in [0.05, 0.1) is 18.7 Å². The second-order valence-electron chi connectivity index (χ2n) is 5.91. The first-order valence-corrected chi connectivity index (χ1v) is 8.46. The number of benzene rings is 3. The molecule has 6 heteroatoms. The molecule has 0 aromatic heterocycles. The van der Waals surface area contributed by atoms with E-state index >= 15 is 0 Å². The molecule has 0 saturated heterocycles. The quantitative estimate of drug-likeness (QED) is 0.578. The van der Waals surface area contributed by atoms with Gasteiger partial charge in [0.15, 0.2) is 11.5 Å². The second-order valence-corrected chi connectivity index (χ2v) is 5.91. The van der Waals surface area contributed by atoms with Crippen LogP contribution in [0.4, 0.5) is 8.78 Å². The van der Waals surface area contributed by atoms with Crippen molar-refractivity contribution in [2.24, 2.45) is 0 Å². The third-order valence-corrected chi connectivity index (χ3v) is 4.05. The van der Waals surface area contributed by atoms with Crippen LogP contribution in [0.15, 0.2) is 60.7 Å². The van der Waals surface area contributed by atoms with E-state index in [4.69, 9.17) is 19.5 Å². The van der Waals surface area contributed by atoms with Gasteiger partial charge < -0.3 is 14.2 Å². The summed E-state index contributed by atoms with van der Waals surface area (Å²) in [5.41, 5.74) is 1.29. The minimum Gasteiger partial charge on any atom is -0.497 e. The van der Waals surface area contributed by atoms with Gasteiger partial charge in [0.1, 0.15) is 24.8 Å². The summed E-state index contributed by atoms with van der Waals surface area (Å²) in [5.74, 6) is -0.526. The normalized spacial score (nSPS) is 10.2. The number of rotatable bonds is 7. The number of hydrogen-bond donors (Lipinski definition) is 0. The third-order valence-electron chi connectivity index (χ3n) is 4.05. The van der Waals surface area contributed by atoms with Crippen molar-refractivity contribution in [3.63, 3.8) is 0 Å². The fourth-order valence-corrected chi connectivity index (χ4v) is 2.49.